The maximum atomic E-state index is 12.2. The summed E-state index contributed by atoms with van der Waals surface area (Å²) in [6, 6.07) is 17.5. The Labute approximate surface area is 189 Å². The molecule has 1 aliphatic carbocycles. The molecular weight excluding hydrogens is 426 g/mol. The maximum Gasteiger partial charge on any atom is 0.407 e. The second-order valence-electron chi connectivity index (χ2n) is 7.31. The van der Waals surface area contributed by atoms with Crippen molar-refractivity contribution >= 4 is 18.0 Å². The molecule has 3 N–H and O–H groups in total. The van der Waals surface area contributed by atoms with Crippen molar-refractivity contribution in [2.45, 2.75) is 12.5 Å². The molecule has 9 nitrogen and oxygen atoms in total. The number of hydrogen-bond acceptors (Lipinski definition) is 6. The third-order valence-corrected chi connectivity index (χ3v) is 5.18. The Morgan fingerprint density at radius 2 is 1.70 bits per heavy atom. The molecule has 0 saturated carbocycles. The molecule has 4 rings (SSSR count). The van der Waals surface area contributed by atoms with Gasteiger partial charge in [-0.15, -0.1) is 0 Å². The van der Waals surface area contributed by atoms with E-state index in [-0.39, 0.29) is 37.1 Å². The van der Waals surface area contributed by atoms with Crippen molar-refractivity contribution in [1.82, 2.24) is 15.8 Å². The minimum absolute atomic E-state index is 0.00410. The number of nitrogens with zero attached hydrogens (tertiary/aromatic N) is 1. The van der Waals surface area contributed by atoms with E-state index in [2.05, 4.69) is 27.9 Å². The average molecular weight is 447 g/mol. The summed E-state index contributed by atoms with van der Waals surface area (Å²) in [6.07, 6.45) is 1.60. The molecule has 0 radical (unpaired) electrons. The van der Waals surface area contributed by atoms with Crippen molar-refractivity contribution < 1.29 is 28.8 Å². The fourth-order valence-corrected chi connectivity index (χ4v) is 3.71. The Morgan fingerprint density at radius 3 is 2.36 bits per heavy atom. The first kappa shape index (κ1) is 21.8. The number of amides is 2. The van der Waals surface area contributed by atoms with Crippen LogP contribution >= 0.6 is 0 Å². The highest BCUT2D eigenvalue weighted by Crippen LogP contribution is 2.44. The van der Waals surface area contributed by atoms with E-state index in [9.17, 15) is 14.4 Å². The molecule has 0 unspecified atom stereocenters. The summed E-state index contributed by atoms with van der Waals surface area (Å²) in [6.45, 7) is 0.217. The molecule has 2 amide bonds. The van der Waals surface area contributed by atoms with Gasteiger partial charge in [-0.05, 0) is 22.3 Å². The Bertz CT molecular complexity index is 1170. The van der Waals surface area contributed by atoms with Gasteiger partial charge in [0.25, 0.3) is 5.91 Å². The molecule has 1 aromatic heterocycles. The first-order valence-corrected chi connectivity index (χ1v) is 10.2. The third kappa shape index (κ3) is 5.09. The molecule has 1 heterocycles. The molecule has 0 fully saturated rings. The molecule has 9 heteroatoms. The molecule has 0 saturated heterocycles. The lowest BCUT2D eigenvalue weighted by Crippen LogP contribution is -2.25. The average Bonchev–Trinajstić information content (AvgIpc) is 3.42. The van der Waals surface area contributed by atoms with Crippen molar-refractivity contribution in [1.29, 1.82) is 0 Å². The summed E-state index contributed by atoms with van der Waals surface area (Å²) in [5, 5.41) is 17.2. The molecule has 3 aromatic rings. The van der Waals surface area contributed by atoms with Crippen LogP contribution in [0.1, 0.15) is 33.3 Å². The quantitative estimate of drug-likeness (QED) is 0.452. The first-order chi connectivity index (χ1) is 16.0. The highest BCUT2D eigenvalue weighted by molar-refractivity contribution is 5.92. The van der Waals surface area contributed by atoms with Crippen LogP contribution in [0.4, 0.5) is 4.79 Å². The van der Waals surface area contributed by atoms with E-state index in [0.29, 0.717) is 0 Å². The predicted molar refractivity (Wildman–Crippen MR) is 118 cm³/mol. The molecule has 0 spiro atoms. The number of hydrogen-bond donors (Lipinski definition) is 3. The van der Waals surface area contributed by atoms with Crippen LogP contribution in [0.5, 0.6) is 0 Å². The first-order valence-electron chi connectivity index (χ1n) is 10.2. The van der Waals surface area contributed by atoms with E-state index in [4.69, 9.17) is 14.4 Å². The van der Waals surface area contributed by atoms with Gasteiger partial charge in [-0.1, -0.05) is 59.8 Å². The molecule has 0 atom stereocenters. The Hall–Kier alpha value is -4.40. The lowest BCUT2D eigenvalue weighted by molar-refractivity contribution is -0.131. The number of carbonyl (C=O) groups excluding carboxylic acids is 2. The van der Waals surface area contributed by atoms with E-state index in [1.54, 1.807) is 0 Å². The monoisotopic (exact) mass is 447 g/mol. The molecule has 168 valence electrons. The van der Waals surface area contributed by atoms with Crippen LogP contribution in [0, 0.1) is 0 Å². The van der Waals surface area contributed by atoms with E-state index < -0.39 is 18.0 Å². The second kappa shape index (κ2) is 9.82. The van der Waals surface area contributed by atoms with Crippen molar-refractivity contribution in [3.63, 3.8) is 0 Å². The molecule has 33 heavy (non-hydrogen) atoms. The van der Waals surface area contributed by atoms with Crippen LogP contribution in [-0.2, 0) is 16.1 Å². The van der Waals surface area contributed by atoms with Crippen molar-refractivity contribution in [3.05, 3.63) is 89.3 Å². The number of rotatable bonds is 8. The van der Waals surface area contributed by atoms with E-state index >= 15 is 0 Å². The fraction of sp³-hybridized carbons (Fsp3) is 0.167. The molecule has 0 aliphatic heterocycles. The Balaban J connectivity index is 1.28. The fourth-order valence-electron chi connectivity index (χ4n) is 3.71. The van der Waals surface area contributed by atoms with Gasteiger partial charge < -0.3 is 25.0 Å². The summed E-state index contributed by atoms with van der Waals surface area (Å²) < 4.78 is 10.5. The second-order valence-corrected chi connectivity index (χ2v) is 7.31. The normalized spacial score (nSPS) is 12.2. The third-order valence-electron chi connectivity index (χ3n) is 5.18. The number of ether oxygens (including phenoxy) is 1. The van der Waals surface area contributed by atoms with Gasteiger partial charge in [0.1, 0.15) is 6.61 Å². The van der Waals surface area contributed by atoms with Crippen LogP contribution < -0.4 is 10.6 Å². The number of fused-ring (bicyclic) bond motifs is 3. The molecule has 2 aromatic carbocycles. The molecule has 1 aliphatic rings. The Morgan fingerprint density at radius 1 is 1.03 bits per heavy atom. The van der Waals surface area contributed by atoms with Gasteiger partial charge in [0, 0.05) is 24.6 Å². The number of carboxylic acid groups (broad SMARTS) is 1. The topological polar surface area (TPSA) is 131 Å². The summed E-state index contributed by atoms with van der Waals surface area (Å²) in [4.78, 5) is 34.6. The minimum Gasteiger partial charge on any atom is -0.478 e. The van der Waals surface area contributed by atoms with Crippen LogP contribution in [-0.4, -0.2) is 41.4 Å². The van der Waals surface area contributed by atoms with Gasteiger partial charge in [-0.3, -0.25) is 4.79 Å². The van der Waals surface area contributed by atoms with Gasteiger partial charge in [0.05, 0.1) is 6.54 Å². The van der Waals surface area contributed by atoms with Gasteiger partial charge >= 0.3 is 12.1 Å². The number of aliphatic carboxylic acids is 1. The number of benzene rings is 2. The van der Waals surface area contributed by atoms with E-state index in [0.717, 1.165) is 28.3 Å². The SMILES string of the molecule is O=C(O)/C=C/CNC(=O)c1cc(CNC(=O)OCC2c3ccccc3-c3ccccc32)on1. The molecule has 0 bridgehead atoms. The smallest absolute Gasteiger partial charge is 0.407 e. The highest BCUT2D eigenvalue weighted by Gasteiger charge is 2.29. The van der Waals surface area contributed by atoms with E-state index in [1.165, 1.54) is 12.1 Å². The number of alkyl carbamates (subject to hydrolysis) is 1. The zero-order chi connectivity index (χ0) is 23.2. The van der Waals surface area contributed by atoms with Crippen molar-refractivity contribution in [2.24, 2.45) is 0 Å². The molecular formula is C24H21N3O6. The minimum atomic E-state index is -1.10. The number of carboxylic acids is 1. The van der Waals surface area contributed by atoms with Crippen LogP contribution in [0.3, 0.4) is 0 Å². The Kier molecular flexibility index (Phi) is 6.49. The van der Waals surface area contributed by atoms with Crippen molar-refractivity contribution in [2.75, 3.05) is 13.2 Å². The maximum absolute atomic E-state index is 12.2. The van der Waals surface area contributed by atoms with Crippen LogP contribution in [0.15, 0.2) is 71.3 Å². The lowest BCUT2D eigenvalue weighted by atomic mass is 9.98. The number of aromatic nitrogens is 1. The lowest BCUT2D eigenvalue weighted by Gasteiger charge is -2.14. The standard InChI is InChI=1S/C24H21N3O6/c28-22(29)10-5-11-25-23(30)21-12-15(33-27-21)13-26-24(31)32-14-20-18-8-3-1-6-16(18)17-7-2-4-9-19(17)20/h1-10,12,20H,11,13-14H2,(H,25,30)(H,26,31)(H,28,29)/b10-5+. The summed E-state index contributed by atoms with van der Waals surface area (Å²) >= 11 is 0. The summed E-state index contributed by atoms with van der Waals surface area (Å²) in [5.74, 6) is -1.40. The van der Waals surface area contributed by atoms with Gasteiger partial charge in [-0.2, -0.15) is 0 Å². The number of carbonyl (C=O) groups is 3. The summed E-state index contributed by atoms with van der Waals surface area (Å²) in [5.41, 5.74) is 4.55. The van der Waals surface area contributed by atoms with Gasteiger partial charge in [0.15, 0.2) is 11.5 Å². The zero-order valence-corrected chi connectivity index (χ0v) is 17.5. The van der Waals surface area contributed by atoms with E-state index in [1.807, 2.05) is 36.4 Å². The largest absolute Gasteiger partial charge is 0.478 e. The number of nitrogens with one attached hydrogen (secondary N) is 2. The predicted octanol–water partition coefficient (Wildman–Crippen LogP) is 3.08. The highest BCUT2D eigenvalue weighted by atomic mass is 16.5. The van der Waals surface area contributed by atoms with Crippen LogP contribution in [0.2, 0.25) is 0 Å². The van der Waals surface area contributed by atoms with Crippen molar-refractivity contribution in [3.8, 4) is 11.1 Å². The summed E-state index contributed by atoms with van der Waals surface area (Å²) in [7, 11) is 0. The zero-order valence-electron chi connectivity index (χ0n) is 17.5. The van der Waals surface area contributed by atoms with Gasteiger partial charge in [0.2, 0.25) is 0 Å². The van der Waals surface area contributed by atoms with Gasteiger partial charge in [-0.25, -0.2) is 9.59 Å². The van der Waals surface area contributed by atoms with Crippen LogP contribution in [0.25, 0.3) is 11.1 Å².